The molecule has 1 aliphatic rings. The van der Waals surface area contributed by atoms with Gasteiger partial charge in [-0.05, 0) is 24.9 Å². The van der Waals surface area contributed by atoms with E-state index in [2.05, 4.69) is 0 Å². The van der Waals surface area contributed by atoms with E-state index in [-0.39, 0.29) is 38.9 Å². The molecule has 1 aromatic carbocycles. The number of nitrogens with zero attached hydrogens (tertiary/aromatic N) is 2. The first-order valence-electron chi connectivity index (χ1n) is 9.04. The zero-order valence-corrected chi connectivity index (χ0v) is 16.3. The number of carboxylic acids is 1. The molecule has 1 saturated heterocycles. The normalized spacial score (nSPS) is 22.9. The molecular weight excluding hydrogens is 387 g/mol. The Labute approximate surface area is 165 Å². The second-order valence-electron chi connectivity index (χ2n) is 6.95. The maximum atomic E-state index is 13.2. The van der Waals surface area contributed by atoms with E-state index < -0.39 is 34.8 Å². The number of hydrogen-bond acceptors (Lipinski definition) is 7. The van der Waals surface area contributed by atoms with E-state index in [0.29, 0.717) is 12.1 Å². The summed E-state index contributed by atoms with van der Waals surface area (Å²) < 4.78 is 28.7. The predicted octanol–water partition coefficient (Wildman–Crippen LogP) is -1.34. The maximum absolute atomic E-state index is 13.2. The van der Waals surface area contributed by atoms with Gasteiger partial charge >= 0.3 is 23.3 Å². The second kappa shape index (κ2) is 9.20. The highest BCUT2D eigenvalue weighted by Crippen LogP contribution is 2.34. The van der Waals surface area contributed by atoms with Gasteiger partial charge in [-0.2, -0.15) is 12.7 Å². The maximum Gasteiger partial charge on any atom is 0.451 e. The smallest absolute Gasteiger partial charge is 0.451 e. The number of anilines is 1. The van der Waals surface area contributed by atoms with E-state index >= 15 is 0 Å². The lowest BCUT2D eigenvalue weighted by molar-refractivity contribution is -0.144. The number of hydrogen-bond donors (Lipinski definition) is 5. The standard InChI is InChI=1S/C16H27BN4O6S/c18-9-10-21(14-6-2-1-3-7-14)28(26,27)20-11-13(5-4-8-17(24)25)16(19,12-20)15(22)23/h1-3,6-7,13,24-25H,4-5,8-12,18-19H2,(H,22,23)/t13-,16-/m0/s1. The number of para-hydroxylation sites is 1. The Morgan fingerprint density at radius 3 is 2.50 bits per heavy atom. The molecule has 7 N–H and O–H groups in total. The van der Waals surface area contributed by atoms with Crippen LogP contribution in [0, 0.1) is 5.92 Å². The van der Waals surface area contributed by atoms with Crippen LogP contribution in [0.15, 0.2) is 30.3 Å². The molecule has 0 radical (unpaired) electrons. The van der Waals surface area contributed by atoms with Gasteiger partial charge in [0.15, 0.2) is 0 Å². The molecule has 156 valence electrons. The van der Waals surface area contributed by atoms with Crippen LogP contribution >= 0.6 is 0 Å². The molecular formula is C16H27BN4O6S. The van der Waals surface area contributed by atoms with Crippen LogP contribution in [-0.4, -0.2) is 72.7 Å². The lowest BCUT2D eigenvalue weighted by atomic mass is 9.78. The fourth-order valence-corrected chi connectivity index (χ4v) is 5.18. The average molecular weight is 414 g/mol. The number of carbonyl (C=O) groups is 1. The van der Waals surface area contributed by atoms with E-state index in [1.807, 2.05) is 0 Å². The Kier molecular flexibility index (Phi) is 7.42. The third-order valence-corrected chi connectivity index (χ3v) is 6.87. The number of nitrogens with two attached hydrogens (primary N) is 2. The predicted molar refractivity (Wildman–Crippen MR) is 106 cm³/mol. The Bertz CT molecular complexity index is 766. The summed E-state index contributed by atoms with van der Waals surface area (Å²) in [6, 6.07) is 8.43. The van der Waals surface area contributed by atoms with Crippen LogP contribution < -0.4 is 15.8 Å². The van der Waals surface area contributed by atoms with Crippen molar-refractivity contribution in [2.24, 2.45) is 17.4 Å². The molecule has 28 heavy (non-hydrogen) atoms. The van der Waals surface area contributed by atoms with Crippen LogP contribution in [-0.2, 0) is 15.0 Å². The molecule has 1 aromatic rings. The summed E-state index contributed by atoms with van der Waals surface area (Å²) in [6.45, 7) is -0.313. The minimum Gasteiger partial charge on any atom is -0.480 e. The lowest BCUT2D eigenvalue weighted by Crippen LogP contribution is -2.55. The van der Waals surface area contributed by atoms with Crippen LogP contribution in [0.1, 0.15) is 12.8 Å². The third kappa shape index (κ3) is 4.83. The van der Waals surface area contributed by atoms with Gasteiger partial charge in [-0.3, -0.25) is 9.10 Å². The molecule has 0 amide bonds. The summed E-state index contributed by atoms with van der Waals surface area (Å²) in [5.74, 6) is -1.95. The molecule has 2 atom stereocenters. The molecule has 1 aliphatic heterocycles. The van der Waals surface area contributed by atoms with E-state index in [9.17, 15) is 18.3 Å². The van der Waals surface area contributed by atoms with Gasteiger partial charge in [0.1, 0.15) is 5.54 Å². The first-order chi connectivity index (χ1) is 13.1. The SMILES string of the molecule is NCCN(c1ccccc1)S(=O)(=O)N1C[C@H](CCCB(O)O)[C@](N)(C(=O)O)C1. The van der Waals surface area contributed by atoms with Gasteiger partial charge in [-0.15, -0.1) is 0 Å². The van der Waals surface area contributed by atoms with Crippen molar-refractivity contribution in [1.82, 2.24) is 4.31 Å². The molecule has 0 saturated carbocycles. The van der Waals surface area contributed by atoms with E-state index in [1.54, 1.807) is 30.3 Å². The van der Waals surface area contributed by atoms with Crippen LogP contribution in [0.4, 0.5) is 5.69 Å². The molecule has 1 heterocycles. The molecule has 0 aliphatic carbocycles. The Morgan fingerprint density at radius 1 is 1.32 bits per heavy atom. The van der Waals surface area contributed by atoms with Gasteiger partial charge in [-0.1, -0.05) is 24.6 Å². The highest BCUT2D eigenvalue weighted by atomic mass is 32.2. The van der Waals surface area contributed by atoms with Gasteiger partial charge in [-0.25, -0.2) is 0 Å². The summed E-state index contributed by atoms with van der Waals surface area (Å²) in [5, 5.41) is 27.6. The summed E-state index contributed by atoms with van der Waals surface area (Å²) in [5.41, 5.74) is 10.4. The Hall–Kier alpha value is -1.70. The van der Waals surface area contributed by atoms with Crippen LogP contribution in [0.3, 0.4) is 0 Å². The third-order valence-electron chi connectivity index (χ3n) is 4.98. The fourth-order valence-electron chi connectivity index (χ4n) is 3.44. The topological polar surface area (TPSA) is 170 Å². The van der Waals surface area contributed by atoms with Crippen LogP contribution in [0.2, 0.25) is 6.32 Å². The van der Waals surface area contributed by atoms with Gasteiger partial charge in [0, 0.05) is 32.1 Å². The minimum absolute atomic E-state index is 0.0366. The highest BCUT2D eigenvalue weighted by Gasteiger charge is 2.53. The van der Waals surface area contributed by atoms with E-state index in [0.717, 1.165) is 8.61 Å². The largest absolute Gasteiger partial charge is 0.480 e. The van der Waals surface area contributed by atoms with Crippen LogP contribution in [0.5, 0.6) is 0 Å². The van der Waals surface area contributed by atoms with Crippen molar-refractivity contribution in [3.8, 4) is 0 Å². The molecule has 0 unspecified atom stereocenters. The van der Waals surface area contributed by atoms with Crippen molar-refractivity contribution in [1.29, 1.82) is 0 Å². The van der Waals surface area contributed by atoms with Gasteiger partial charge in [0.2, 0.25) is 0 Å². The summed E-state index contributed by atoms with van der Waals surface area (Å²) in [4.78, 5) is 11.8. The van der Waals surface area contributed by atoms with Crippen LogP contribution in [0.25, 0.3) is 0 Å². The average Bonchev–Trinajstić information content (AvgIpc) is 2.99. The van der Waals surface area contributed by atoms with Crippen molar-refractivity contribution >= 4 is 29.0 Å². The number of aliphatic carboxylic acids is 1. The van der Waals surface area contributed by atoms with Crippen molar-refractivity contribution in [3.05, 3.63) is 30.3 Å². The molecule has 0 bridgehead atoms. The van der Waals surface area contributed by atoms with Crippen molar-refractivity contribution in [2.75, 3.05) is 30.5 Å². The summed E-state index contributed by atoms with van der Waals surface area (Å²) in [6.07, 6.45) is 0.630. The summed E-state index contributed by atoms with van der Waals surface area (Å²) >= 11 is 0. The molecule has 10 nitrogen and oxygen atoms in total. The Morgan fingerprint density at radius 2 is 1.96 bits per heavy atom. The zero-order chi connectivity index (χ0) is 20.9. The van der Waals surface area contributed by atoms with Crippen molar-refractivity contribution in [2.45, 2.75) is 24.7 Å². The zero-order valence-electron chi connectivity index (χ0n) is 15.5. The molecule has 12 heteroatoms. The first-order valence-corrected chi connectivity index (χ1v) is 10.4. The molecule has 0 aromatic heterocycles. The van der Waals surface area contributed by atoms with Gasteiger partial charge in [0.25, 0.3) is 0 Å². The van der Waals surface area contributed by atoms with E-state index in [1.165, 1.54) is 0 Å². The lowest BCUT2D eigenvalue weighted by Gasteiger charge is -2.29. The van der Waals surface area contributed by atoms with E-state index in [4.69, 9.17) is 21.5 Å². The number of benzene rings is 1. The van der Waals surface area contributed by atoms with Crippen molar-refractivity contribution in [3.63, 3.8) is 0 Å². The first kappa shape index (κ1) is 22.6. The molecule has 1 fully saturated rings. The highest BCUT2D eigenvalue weighted by molar-refractivity contribution is 7.90. The number of rotatable bonds is 10. The quantitative estimate of drug-likeness (QED) is 0.293. The summed E-state index contributed by atoms with van der Waals surface area (Å²) in [7, 11) is -5.55. The van der Waals surface area contributed by atoms with Crippen molar-refractivity contribution < 1.29 is 28.4 Å². The minimum atomic E-state index is -4.05. The second-order valence-corrected chi connectivity index (χ2v) is 8.80. The monoisotopic (exact) mass is 414 g/mol. The molecule has 0 spiro atoms. The molecule has 2 rings (SSSR count). The van der Waals surface area contributed by atoms with Gasteiger partial charge < -0.3 is 26.6 Å². The number of carboxylic acid groups (broad SMARTS) is 1. The fraction of sp³-hybridized carbons (Fsp3) is 0.562. The Balaban J connectivity index is 2.28. The van der Waals surface area contributed by atoms with Gasteiger partial charge in [0.05, 0.1) is 5.69 Å².